The molecule has 1 aliphatic rings. The average Bonchev–Trinajstić information content (AvgIpc) is 2.49. The summed E-state index contributed by atoms with van der Waals surface area (Å²) in [7, 11) is 0. The minimum atomic E-state index is 0. The molecule has 72 valence electrons. The van der Waals surface area contributed by atoms with Crippen molar-refractivity contribution in [2.75, 3.05) is 5.43 Å². The number of fused-ring (bicyclic) bond motifs is 1. The van der Waals surface area contributed by atoms with Crippen LogP contribution in [0, 0.1) is 0 Å². The minimum Gasteiger partial charge on any atom is -0.323 e. The van der Waals surface area contributed by atoms with Crippen molar-refractivity contribution in [3.8, 4) is 0 Å². The molecule has 0 bridgehead atoms. The van der Waals surface area contributed by atoms with Gasteiger partial charge in [0.2, 0.25) is 0 Å². The van der Waals surface area contributed by atoms with Crippen LogP contribution in [-0.4, -0.2) is 0 Å². The third kappa shape index (κ3) is 1.90. The van der Waals surface area contributed by atoms with Crippen LogP contribution in [0.4, 0.5) is 5.69 Å². The number of nitrogens with one attached hydrogen (secondary N) is 1. The molecule has 3 N–H and O–H groups in total. The zero-order valence-corrected chi connectivity index (χ0v) is 8.71. The fourth-order valence-electron chi connectivity index (χ4n) is 1.70. The molecule has 4 heteroatoms. The number of rotatable bonds is 1. The van der Waals surface area contributed by atoms with Crippen molar-refractivity contribution in [2.45, 2.75) is 19.3 Å². The molecular weight excluding hydrogens is 207 g/mol. The van der Waals surface area contributed by atoms with Crippen LogP contribution < -0.4 is 11.3 Å². The first-order chi connectivity index (χ1) is 5.81. The van der Waals surface area contributed by atoms with E-state index >= 15 is 0 Å². The number of nitrogens with two attached hydrogens (primary N) is 1. The Morgan fingerprint density at radius 1 is 1.23 bits per heavy atom. The molecule has 0 aromatic heterocycles. The van der Waals surface area contributed by atoms with Crippen molar-refractivity contribution in [1.82, 2.24) is 0 Å². The van der Waals surface area contributed by atoms with Crippen LogP contribution in [0.2, 0.25) is 5.02 Å². The molecule has 0 heterocycles. The first kappa shape index (κ1) is 10.6. The van der Waals surface area contributed by atoms with E-state index in [1.54, 1.807) is 0 Å². The summed E-state index contributed by atoms with van der Waals surface area (Å²) in [4.78, 5) is 0. The van der Waals surface area contributed by atoms with Gasteiger partial charge in [-0.1, -0.05) is 11.6 Å². The van der Waals surface area contributed by atoms with E-state index in [4.69, 9.17) is 17.4 Å². The van der Waals surface area contributed by atoms with E-state index < -0.39 is 0 Å². The Hall–Kier alpha value is -0.440. The van der Waals surface area contributed by atoms with E-state index in [-0.39, 0.29) is 12.4 Å². The first-order valence-corrected chi connectivity index (χ1v) is 4.47. The molecule has 13 heavy (non-hydrogen) atoms. The zero-order chi connectivity index (χ0) is 8.55. The second kappa shape index (κ2) is 4.18. The van der Waals surface area contributed by atoms with Gasteiger partial charge in [-0.3, -0.25) is 5.84 Å². The Labute approximate surface area is 88.8 Å². The smallest absolute Gasteiger partial charge is 0.0674 e. The van der Waals surface area contributed by atoms with E-state index in [1.165, 1.54) is 17.5 Å². The SMILES string of the molecule is Cl.NNc1cc2c(cc1Cl)CCC2. The Morgan fingerprint density at radius 2 is 1.85 bits per heavy atom. The third-order valence-corrected chi connectivity index (χ3v) is 2.65. The topological polar surface area (TPSA) is 38.0 Å². The molecule has 0 saturated carbocycles. The summed E-state index contributed by atoms with van der Waals surface area (Å²) in [6, 6.07) is 4.06. The highest BCUT2D eigenvalue weighted by atomic mass is 35.5. The number of benzene rings is 1. The standard InChI is InChI=1S/C9H11ClN2.ClH/c10-8-4-6-2-1-3-7(6)5-9(8)12-11;/h4-5,12H,1-3,11H2;1H. The van der Waals surface area contributed by atoms with Gasteiger partial charge in [0, 0.05) is 0 Å². The maximum absolute atomic E-state index is 5.97. The van der Waals surface area contributed by atoms with Crippen LogP contribution in [0.3, 0.4) is 0 Å². The first-order valence-electron chi connectivity index (χ1n) is 4.09. The maximum atomic E-state index is 5.97. The number of aryl methyl sites for hydroxylation is 2. The molecule has 0 fully saturated rings. The van der Waals surface area contributed by atoms with Crippen LogP contribution in [-0.2, 0) is 12.8 Å². The second-order valence-electron chi connectivity index (χ2n) is 3.10. The van der Waals surface area contributed by atoms with Gasteiger partial charge in [0.1, 0.15) is 0 Å². The van der Waals surface area contributed by atoms with Gasteiger partial charge in [0.15, 0.2) is 0 Å². The van der Waals surface area contributed by atoms with Gasteiger partial charge in [-0.15, -0.1) is 12.4 Å². The minimum absolute atomic E-state index is 0. The Kier molecular flexibility index (Phi) is 3.42. The summed E-state index contributed by atoms with van der Waals surface area (Å²) in [6.07, 6.45) is 3.54. The highest BCUT2D eigenvalue weighted by Crippen LogP contribution is 2.30. The highest BCUT2D eigenvalue weighted by Gasteiger charge is 2.12. The molecular formula is C9H12Cl2N2. The molecule has 0 amide bonds. The van der Waals surface area contributed by atoms with Crippen molar-refractivity contribution < 1.29 is 0 Å². The summed E-state index contributed by atoms with van der Waals surface area (Å²) in [5.74, 6) is 5.31. The summed E-state index contributed by atoms with van der Waals surface area (Å²) < 4.78 is 0. The predicted molar refractivity (Wildman–Crippen MR) is 58.5 cm³/mol. The van der Waals surface area contributed by atoms with Gasteiger partial charge in [-0.05, 0) is 42.5 Å². The fraction of sp³-hybridized carbons (Fsp3) is 0.333. The van der Waals surface area contributed by atoms with Crippen LogP contribution in [0.1, 0.15) is 17.5 Å². The number of hydrogen-bond donors (Lipinski definition) is 2. The van der Waals surface area contributed by atoms with Crippen LogP contribution in [0.15, 0.2) is 12.1 Å². The predicted octanol–water partition coefficient (Wildman–Crippen LogP) is 2.54. The molecule has 0 radical (unpaired) electrons. The normalized spacial score (nSPS) is 13.4. The largest absolute Gasteiger partial charge is 0.323 e. The highest BCUT2D eigenvalue weighted by molar-refractivity contribution is 6.33. The molecule has 0 spiro atoms. The number of anilines is 1. The van der Waals surface area contributed by atoms with E-state index in [0.29, 0.717) is 0 Å². The van der Waals surface area contributed by atoms with E-state index in [2.05, 4.69) is 5.43 Å². The Morgan fingerprint density at radius 3 is 2.46 bits per heavy atom. The van der Waals surface area contributed by atoms with Gasteiger partial charge < -0.3 is 5.43 Å². The molecule has 0 saturated heterocycles. The second-order valence-corrected chi connectivity index (χ2v) is 3.51. The van der Waals surface area contributed by atoms with Crippen LogP contribution in [0.5, 0.6) is 0 Å². The Balaban J connectivity index is 0.000000845. The maximum Gasteiger partial charge on any atom is 0.0674 e. The third-order valence-electron chi connectivity index (χ3n) is 2.34. The van der Waals surface area contributed by atoms with Crippen molar-refractivity contribution in [1.29, 1.82) is 0 Å². The van der Waals surface area contributed by atoms with Crippen molar-refractivity contribution >= 4 is 29.7 Å². The Bertz CT molecular complexity index is 312. The zero-order valence-electron chi connectivity index (χ0n) is 7.14. The number of nitrogen functional groups attached to an aromatic ring is 1. The number of hydrazine groups is 1. The van der Waals surface area contributed by atoms with Gasteiger partial charge in [-0.2, -0.15) is 0 Å². The molecule has 1 aliphatic carbocycles. The molecule has 0 unspecified atom stereocenters. The number of hydrogen-bond acceptors (Lipinski definition) is 2. The molecule has 0 atom stereocenters. The van der Waals surface area contributed by atoms with E-state index in [9.17, 15) is 0 Å². The molecule has 2 nitrogen and oxygen atoms in total. The van der Waals surface area contributed by atoms with Crippen molar-refractivity contribution in [2.24, 2.45) is 5.84 Å². The summed E-state index contributed by atoms with van der Waals surface area (Å²) in [5.41, 5.74) is 6.18. The lowest BCUT2D eigenvalue weighted by Gasteiger charge is -2.06. The average molecular weight is 219 g/mol. The molecule has 0 aliphatic heterocycles. The summed E-state index contributed by atoms with van der Waals surface area (Å²) in [5, 5.41) is 0.721. The molecule has 2 rings (SSSR count). The van der Waals surface area contributed by atoms with Crippen LogP contribution >= 0.6 is 24.0 Å². The van der Waals surface area contributed by atoms with Gasteiger partial charge >= 0.3 is 0 Å². The summed E-state index contributed by atoms with van der Waals surface area (Å²) in [6.45, 7) is 0. The van der Waals surface area contributed by atoms with E-state index in [1.807, 2.05) is 12.1 Å². The lowest BCUT2D eigenvalue weighted by molar-refractivity contribution is 0.912. The van der Waals surface area contributed by atoms with E-state index in [0.717, 1.165) is 23.6 Å². The van der Waals surface area contributed by atoms with Crippen LogP contribution in [0.25, 0.3) is 0 Å². The monoisotopic (exact) mass is 218 g/mol. The number of halogens is 2. The molecule has 1 aromatic rings. The quantitative estimate of drug-likeness (QED) is 0.562. The lowest BCUT2D eigenvalue weighted by atomic mass is 10.1. The van der Waals surface area contributed by atoms with Gasteiger partial charge in [0.05, 0.1) is 10.7 Å². The van der Waals surface area contributed by atoms with Gasteiger partial charge in [0.25, 0.3) is 0 Å². The molecule has 1 aromatic carbocycles. The summed E-state index contributed by atoms with van der Waals surface area (Å²) >= 11 is 5.97. The fourth-order valence-corrected chi connectivity index (χ4v) is 1.95. The lowest BCUT2D eigenvalue weighted by Crippen LogP contribution is -2.07. The van der Waals surface area contributed by atoms with Gasteiger partial charge in [-0.25, -0.2) is 0 Å². The van der Waals surface area contributed by atoms with Crippen molar-refractivity contribution in [3.63, 3.8) is 0 Å². The van der Waals surface area contributed by atoms with Crippen molar-refractivity contribution in [3.05, 3.63) is 28.3 Å².